The van der Waals surface area contributed by atoms with Crippen molar-refractivity contribution in [2.75, 3.05) is 0 Å². The molecule has 0 saturated heterocycles. The number of aromatic nitrogens is 2. The monoisotopic (exact) mass is 351 g/mol. The van der Waals surface area contributed by atoms with Gasteiger partial charge in [-0.2, -0.15) is 0 Å². The Balaban J connectivity index is 1.46. The van der Waals surface area contributed by atoms with E-state index in [1.165, 1.54) is 4.70 Å². The van der Waals surface area contributed by atoms with Crippen molar-refractivity contribution in [2.24, 2.45) is 0 Å². The number of pyridine rings is 1. The fourth-order valence-electron chi connectivity index (χ4n) is 3.22. The highest BCUT2D eigenvalue weighted by Crippen LogP contribution is 2.34. The van der Waals surface area contributed by atoms with Crippen molar-refractivity contribution < 1.29 is 4.79 Å². The first-order valence-electron chi connectivity index (χ1n) is 8.79. The molecule has 25 heavy (non-hydrogen) atoms. The molecule has 128 valence electrons. The molecule has 1 aliphatic carbocycles. The van der Waals surface area contributed by atoms with E-state index in [1.54, 1.807) is 17.5 Å². The topological polar surface area (TPSA) is 46.1 Å². The average Bonchev–Trinajstić information content (AvgIpc) is 3.38. The van der Waals surface area contributed by atoms with Gasteiger partial charge in [0.15, 0.2) is 0 Å². The number of hydrogen-bond acceptors (Lipinski definition) is 4. The first kappa shape index (κ1) is 16.2. The Labute approximate surface area is 151 Å². The molecule has 0 spiro atoms. The second-order valence-corrected chi connectivity index (χ2v) is 7.65. The SMILES string of the molecule is C[C@H](c1ccccn1)N(C(=O)CCc1nc2ccccc2s1)C1CC1. The lowest BCUT2D eigenvalue weighted by molar-refractivity contribution is -0.134. The predicted molar refractivity (Wildman–Crippen MR) is 100 cm³/mol. The van der Waals surface area contributed by atoms with Crippen molar-refractivity contribution in [3.8, 4) is 0 Å². The summed E-state index contributed by atoms with van der Waals surface area (Å²) in [5, 5.41) is 1.04. The zero-order valence-electron chi connectivity index (χ0n) is 14.3. The molecule has 1 atom stereocenters. The number of nitrogens with zero attached hydrogens (tertiary/aromatic N) is 3. The van der Waals surface area contributed by atoms with Crippen molar-refractivity contribution in [2.45, 2.75) is 44.7 Å². The highest BCUT2D eigenvalue weighted by molar-refractivity contribution is 7.18. The van der Waals surface area contributed by atoms with Crippen LogP contribution in [0, 0.1) is 0 Å². The number of rotatable bonds is 6. The molecule has 0 bridgehead atoms. The molecular formula is C20H21N3OS. The zero-order chi connectivity index (χ0) is 17.2. The van der Waals surface area contributed by atoms with Gasteiger partial charge >= 0.3 is 0 Å². The number of fused-ring (bicyclic) bond motifs is 1. The Hall–Kier alpha value is -2.27. The minimum absolute atomic E-state index is 0.0246. The summed E-state index contributed by atoms with van der Waals surface area (Å²) < 4.78 is 1.19. The second kappa shape index (κ2) is 6.92. The normalized spacial score (nSPS) is 15.2. The molecule has 0 aliphatic heterocycles. The van der Waals surface area contributed by atoms with Crippen LogP contribution in [0.3, 0.4) is 0 Å². The molecular weight excluding hydrogens is 330 g/mol. The molecule has 0 unspecified atom stereocenters. The molecule has 2 heterocycles. The number of carbonyl (C=O) groups is 1. The van der Waals surface area contributed by atoms with Crippen molar-refractivity contribution in [3.63, 3.8) is 0 Å². The minimum atomic E-state index is 0.0246. The number of thiazole rings is 1. The van der Waals surface area contributed by atoms with E-state index in [2.05, 4.69) is 23.0 Å². The zero-order valence-corrected chi connectivity index (χ0v) is 15.1. The summed E-state index contributed by atoms with van der Waals surface area (Å²) in [4.78, 5) is 24.0. The summed E-state index contributed by atoms with van der Waals surface area (Å²) in [5.74, 6) is 0.208. The first-order valence-corrected chi connectivity index (χ1v) is 9.60. The van der Waals surface area contributed by atoms with Gasteiger partial charge in [0, 0.05) is 25.1 Å². The number of benzene rings is 1. The van der Waals surface area contributed by atoms with Gasteiger partial charge in [-0.15, -0.1) is 11.3 Å². The molecule has 0 radical (unpaired) electrons. The molecule has 4 rings (SSSR count). The maximum atomic E-state index is 12.9. The van der Waals surface area contributed by atoms with E-state index in [1.807, 2.05) is 41.3 Å². The van der Waals surface area contributed by atoms with Gasteiger partial charge in [0.2, 0.25) is 5.91 Å². The van der Waals surface area contributed by atoms with Crippen LogP contribution < -0.4 is 0 Å². The molecule has 4 nitrogen and oxygen atoms in total. The average molecular weight is 351 g/mol. The lowest BCUT2D eigenvalue weighted by atomic mass is 10.1. The van der Waals surface area contributed by atoms with Gasteiger partial charge in [-0.1, -0.05) is 18.2 Å². The molecule has 1 aromatic carbocycles. The summed E-state index contributed by atoms with van der Waals surface area (Å²) in [6.07, 6.45) is 5.21. The molecule has 1 aliphatic rings. The third-order valence-electron chi connectivity index (χ3n) is 4.65. The maximum Gasteiger partial charge on any atom is 0.223 e. The molecule has 1 fully saturated rings. The van der Waals surface area contributed by atoms with E-state index in [0.29, 0.717) is 18.9 Å². The van der Waals surface area contributed by atoms with Crippen LogP contribution in [0.4, 0.5) is 0 Å². The van der Waals surface area contributed by atoms with E-state index >= 15 is 0 Å². The van der Waals surface area contributed by atoms with E-state index in [0.717, 1.165) is 29.1 Å². The van der Waals surface area contributed by atoms with Crippen LogP contribution in [0.2, 0.25) is 0 Å². The third kappa shape index (κ3) is 3.56. The highest BCUT2D eigenvalue weighted by Gasteiger charge is 2.36. The number of amides is 1. The highest BCUT2D eigenvalue weighted by atomic mass is 32.1. The van der Waals surface area contributed by atoms with Crippen molar-refractivity contribution in [1.82, 2.24) is 14.9 Å². The van der Waals surface area contributed by atoms with Gasteiger partial charge < -0.3 is 4.90 Å². The lowest BCUT2D eigenvalue weighted by Gasteiger charge is -2.29. The van der Waals surface area contributed by atoms with Gasteiger partial charge in [0.1, 0.15) is 0 Å². The fourth-order valence-corrected chi connectivity index (χ4v) is 4.19. The van der Waals surface area contributed by atoms with Crippen LogP contribution in [-0.2, 0) is 11.2 Å². The standard InChI is InChI=1S/C20H21N3OS/c1-14(16-6-4-5-13-21-16)23(15-9-10-15)20(24)12-11-19-22-17-7-2-3-8-18(17)25-19/h2-8,13-15H,9-12H2,1H3/t14-/m1/s1. The summed E-state index contributed by atoms with van der Waals surface area (Å²) >= 11 is 1.69. The Kier molecular flexibility index (Phi) is 4.49. The van der Waals surface area contributed by atoms with E-state index in [9.17, 15) is 4.79 Å². The second-order valence-electron chi connectivity index (χ2n) is 6.54. The molecule has 1 saturated carbocycles. The Morgan fingerprint density at radius 1 is 1.24 bits per heavy atom. The van der Waals surface area contributed by atoms with Crippen LogP contribution in [0.1, 0.15) is 42.9 Å². The van der Waals surface area contributed by atoms with Crippen LogP contribution in [-0.4, -0.2) is 26.8 Å². The molecule has 0 N–H and O–H groups in total. The molecule has 2 aromatic heterocycles. The van der Waals surface area contributed by atoms with Crippen molar-refractivity contribution in [3.05, 3.63) is 59.4 Å². The van der Waals surface area contributed by atoms with Gasteiger partial charge in [0.25, 0.3) is 0 Å². The summed E-state index contributed by atoms with van der Waals surface area (Å²) in [6.45, 7) is 2.08. The lowest BCUT2D eigenvalue weighted by Crippen LogP contribution is -2.36. The fraction of sp³-hybridized carbons (Fsp3) is 0.350. The molecule has 3 aromatic rings. The van der Waals surface area contributed by atoms with E-state index in [4.69, 9.17) is 0 Å². The first-order chi connectivity index (χ1) is 12.2. The van der Waals surface area contributed by atoms with E-state index in [-0.39, 0.29) is 11.9 Å². The maximum absolute atomic E-state index is 12.9. The molecule has 5 heteroatoms. The van der Waals surface area contributed by atoms with Crippen molar-refractivity contribution >= 4 is 27.5 Å². The predicted octanol–water partition coefficient (Wildman–Crippen LogP) is 4.38. The Bertz CT molecular complexity index is 840. The van der Waals surface area contributed by atoms with Crippen molar-refractivity contribution in [1.29, 1.82) is 0 Å². The number of hydrogen-bond donors (Lipinski definition) is 0. The number of aryl methyl sites for hydroxylation is 1. The van der Waals surface area contributed by atoms with Crippen LogP contribution in [0.25, 0.3) is 10.2 Å². The third-order valence-corrected chi connectivity index (χ3v) is 5.75. The summed E-state index contributed by atoms with van der Waals surface area (Å²) in [5.41, 5.74) is 1.98. The van der Waals surface area contributed by atoms with Crippen LogP contribution in [0.15, 0.2) is 48.7 Å². The van der Waals surface area contributed by atoms with Gasteiger partial charge in [-0.3, -0.25) is 9.78 Å². The molecule has 1 amide bonds. The van der Waals surface area contributed by atoms with Gasteiger partial charge in [-0.05, 0) is 44.0 Å². The smallest absolute Gasteiger partial charge is 0.223 e. The Morgan fingerprint density at radius 2 is 2.04 bits per heavy atom. The minimum Gasteiger partial charge on any atom is -0.331 e. The van der Waals surface area contributed by atoms with Gasteiger partial charge in [-0.25, -0.2) is 4.98 Å². The quantitative estimate of drug-likeness (QED) is 0.662. The van der Waals surface area contributed by atoms with Crippen LogP contribution in [0.5, 0.6) is 0 Å². The number of para-hydroxylation sites is 1. The number of carbonyl (C=O) groups excluding carboxylic acids is 1. The van der Waals surface area contributed by atoms with Crippen LogP contribution >= 0.6 is 11.3 Å². The summed E-state index contributed by atoms with van der Waals surface area (Å²) in [7, 11) is 0. The van der Waals surface area contributed by atoms with E-state index < -0.39 is 0 Å². The summed E-state index contributed by atoms with van der Waals surface area (Å²) in [6, 6.07) is 14.4. The largest absolute Gasteiger partial charge is 0.331 e. The Morgan fingerprint density at radius 3 is 2.76 bits per heavy atom. The van der Waals surface area contributed by atoms with Gasteiger partial charge in [0.05, 0.1) is 27.0 Å².